The van der Waals surface area contributed by atoms with E-state index in [-0.39, 0.29) is 17.4 Å². The van der Waals surface area contributed by atoms with Gasteiger partial charge in [-0.1, -0.05) is 11.6 Å². The zero-order valence-electron chi connectivity index (χ0n) is 8.21. The maximum absolute atomic E-state index is 10.4. The van der Waals surface area contributed by atoms with Crippen LogP contribution in [0.3, 0.4) is 0 Å². The minimum absolute atomic E-state index is 0.00837. The molecular weight excluding hydrogens is 226 g/mol. The molecule has 15 heavy (non-hydrogen) atoms. The van der Waals surface area contributed by atoms with E-state index in [1.54, 1.807) is 0 Å². The fourth-order valence-corrected chi connectivity index (χ4v) is 1.22. The van der Waals surface area contributed by atoms with Gasteiger partial charge in [0.25, 0.3) is 0 Å². The zero-order valence-corrected chi connectivity index (χ0v) is 8.97. The SMILES string of the molecule is COC(Cn1cc(Cl)c([N+](=O)[O-])n1)OC. The van der Waals surface area contributed by atoms with Gasteiger partial charge in [-0.3, -0.25) is 0 Å². The first-order valence-electron chi connectivity index (χ1n) is 4.01. The van der Waals surface area contributed by atoms with Gasteiger partial charge in [0.15, 0.2) is 11.3 Å². The highest BCUT2D eigenvalue weighted by molar-refractivity contribution is 6.32. The molecule has 1 heterocycles. The highest BCUT2D eigenvalue weighted by Crippen LogP contribution is 2.21. The summed E-state index contributed by atoms with van der Waals surface area (Å²) in [6, 6.07) is 0. The first kappa shape index (κ1) is 11.9. The van der Waals surface area contributed by atoms with E-state index >= 15 is 0 Å². The summed E-state index contributed by atoms with van der Waals surface area (Å²) in [4.78, 5) is 9.80. The molecule has 0 fully saturated rings. The van der Waals surface area contributed by atoms with Crippen LogP contribution in [0.1, 0.15) is 0 Å². The molecule has 0 aliphatic rings. The summed E-state index contributed by atoms with van der Waals surface area (Å²) in [5.41, 5.74) is 0. The Balaban J connectivity index is 2.79. The standard InChI is InChI=1S/C7H10ClN3O4/c1-14-6(15-2)4-10-3-5(8)7(9-10)11(12)13/h3,6H,4H2,1-2H3. The van der Waals surface area contributed by atoms with Crippen molar-refractivity contribution < 1.29 is 14.4 Å². The zero-order chi connectivity index (χ0) is 11.4. The molecule has 0 atom stereocenters. The second-order valence-corrected chi connectivity index (χ2v) is 3.09. The Morgan fingerprint density at radius 1 is 1.67 bits per heavy atom. The smallest absolute Gasteiger partial charge is 0.358 e. The summed E-state index contributed by atoms with van der Waals surface area (Å²) in [5.74, 6) is -0.373. The van der Waals surface area contributed by atoms with Crippen LogP contribution in [-0.4, -0.2) is 35.2 Å². The molecule has 1 aromatic rings. The topological polar surface area (TPSA) is 79.4 Å². The van der Waals surface area contributed by atoms with Crippen molar-refractivity contribution in [2.75, 3.05) is 14.2 Å². The second-order valence-electron chi connectivity index (χ2n) is 2.68. The quantitative estimate of drug-likeness (QED) is 0.433. The number of ether oxygens (including phenoxy) is 2. The van der Waals surface area contributed by atoms with Crippen LogP contribution in [0.25, 0.3) is 0 Å². The number of hydrogen-bond donors (Lipinski definition) is 0. The van der Waals surface area contributed by atoms with Crippen LogP contribution in [0, 0.1) is 10.1 Å². The van der Waals surface area contributed by atoms with Crippen LogP contribution in [-0.2, 0) is 16.0 Å². The maximum Gasteiger partial charge on any atom is 0.408 e. The van der Waals surface area contributed by atoms with Crippen LogP contribution < -0.4 is 0 Å². The molecular formula is C7H10ClN3O4. The van der Waals surface area contributed by atoms with E-state index < -0.39 is 11.2 Å². The van der Waals surface area contributed by atoms with Crippen LogP contribution in [0.2, 0.25) is 5.02 Å². The minimum atomic E-state index is -0.645. The molecule has 0 spiro atoms. The van der Waals surface area contributed by atoms with Gasteiger partial charge in [0.05, 0.1) is 11.3 Å². The lowest BCUT2D eigenvalue weighted by Crippen LogP contribution is -2.20. The van der Waals surface area contributed by atoms with E-state index in [2.05, 4.69) is 5.10 Å². The summed E-state index contributed by atoms with van der Waals surface area (Å²) in [6.45, 7) is 0.237. The van der Waals surface area contributed by atoms with Crippen molar-refractivity contribution in [3.8, 4) is 0 Å². The molecule has 0 saturated heterocycles. The Morgan fingerprint density at radius 3 is 2.67 bits per heavy atom. The lowest BCUT2D eigenvalue weighted by Gasteiger charge is -2.10. The van der Waals surface area contributed by atoms with E-state index in [1.165, 1.54) is 25.1 Å². The summed E-state index contributed by atoms with van der Waals surface area (Å²) in [6.07, 6.45) is 0.839. The lowest BCUT2D eigenvalue weighted by molar-refractivity contribution is -0.389. The fourth-order valence-electron chi connectivity index (χ4n) is 1.00. The molecule has 84 valence electrons. The summed E-state index contributed by atoms with van der Waals surface area (Å²) in [7, 11) is 2.93. The third-order valence-electron chi connectivity index (χ3n) is 1.73. The number of nitro groups is 1. The van der Waals surface area contributed by atoms with E-state index in [0.29, 0.717) is 0 Å². The molecule has 0 saturated carbocycles. The number of aromatic nitrogens is 2. The minimum Gasteiger partial charge on any atom is -0.358 e. The first-order chi connectivity index (χ1) is 7.08. The highest BCUT2D eigenvalue weighted by atomic mass is 35.5. The Morgan fingerprint density at radius 2 is 2.27 bits per heavy atom. The molecule has 1 aromatic heterocycles. The van der Waals surface area contributed by atoms with Gasteiger partial charge in [-0.05, 0) is 4.92 Å². The van der Waals surface area contributed by atoms with Gasteiger partial charge < -0.3 is 19.6 Å². The Bertz CT molecular complexity index is 350. The van der Waals surface area contributed by atoms with Gasteiger partial charge in [0.2, 0.25) is 0 Å². The van der Waals surface area contributed by atoms with Gasteiger partial charge in [0.1, 0.15) is 6.54 Å². The van der Waals surface area contributed by atoms with Crippen LogP contribution in [0.15, 0.2) is 6.20 Å². The number of halogens is 1. The third kappa shape index (κ3) is 2.88. The lowest BCUT2D eigenvalue weighted by atomic mass is 10.6. The van der Waals surface area contributed by atoms with Gasteiger partial charge in [-0.25, -0.2) is 0 Å². The number of rotatable bonds is 5. The van der Waals surface area contributed by atoms with E-state index in [1.807, 2.05) is 0 Å². The van der Waals surface area contributed by atoms with E-state index in [0.717, 1.165) is 0 Å². The number of nitrogens with zero attached hydrogens (tertiary/aromatic N) is 3. The molecule has 0 unspecified atom stereocenters. The number of methoxy groups -OCH3 is 2. The highest BCUT2D eigenvalue weighted by Gasteiger charge is 2.20. The predicted octanol–water partition coefficient (Wildman–Crippen LogP) is 1.06. The maximum atomic E-state index is 10.4. The average Bonchev–Trinajstić information content (AvgIpc) is 2.56. The molecule has 0 bridgehead atoms. The second kappa shape index (κ2) is 5.06. The number of hydrogen-bond acceptors (Lipinski definition) is 5. The van der Waals surface area contributed by atoms with E-state index in [4.69, 9.17) is 21.1 Å². The van der Waals surface area contributed by atoms with Crippen molar-refractivity contribution in [3.05, 3.63) is 21.3 Å². The molecule has 0 aliphatic carbocycles. The van der Waals surface area contributed by atoms with E-state index in [9.17, 15) is 10.1 Å². The summed E-state index contributed by atoms with van der Waals surface area (Å²) in [5, 5.41) is 14.1. The molecule has 7 nitrogen and oxygen atoms in total. The Hall–Kier alpha value is -1.18. The average molecular weight is 236 g/mol. The molecule has 0 aromatic carbocycles. The van der Waals surface area contributed by atoms with Crippen LogP contribution in [0.5, 0.6) is 0 Å². The van der Waals surface area contributed by atoms with Crippen molar-refractivity contribution in [2.24, 2.45) is 0 Å². The van der Waals surface area contributed by atoms with Crippen LogP contribution >= 0.6 is 11.6 Å². The normalized spacial score (nSPS) is 10.9. The predicted molar refractivity (Wildman–Crippen MR) is 51.7 cm³/mol. The summed E-state index contributed by atoms with van der Waals surface area (Å²) < 4.78 is 11.1. The molecule has 0 N–H and O–H groups in total. The summed E-state index contributed by atoms with van der Waals surface area (Å²) >= 11 is 5.60. The van der Waals surface area contributed by atoms with Crippen molar-refractivity contribution in [1.29, 1.82) is 0 Å². The first-order valence-corrected chi connectivity index (χ1v) is 4.39. The van der Waals surface area contributed by atoms with Crippen molar-refractivity contribution in [2.45, 2.75) is 12.8 Å². The van der Waals surface area contributed by atoms with Crippen molar-refractivity contribution >= 4 is 17.4 Å². The molecule has 1 rings (SSSR count). The van der Waals surface area contributed by atoms with Gasteiger partial charge >= 0.3 is 5.82 Å². The van der Waals surface area contributed by atoms with Gasteiger partial charge in [-0.15, -0.1) is 0 Å². The monoisotopic (exact) mass is 235 g/mol. The largest absolute Gasteiger partial charge is 0.408 e. The third-order valence-corrected chi connectivity index (χ3v) is 2.00. The molecule has 0 radical (unpaired) electrons. The fraction of sp³-hybridized carbons (Fsp3) is 0.571. The van der Waals surface area contributed by atoms with Gasteiger partial charge in [-0.2, -0.15) is 4.68 Å². The van der Waals surface area contributed by atoms with Crippen molar-refractivity contribution in [1.82, 2.24) is 9.78 Å². The molecule has 0 amide bonds. The van der Waals surface area contributed by atoms with Crippen molar-refractivity contribution in [3.63, 3.8) is 0 Å². The van der Waals surface area contributed by atoms with Crippen LogP contribution in [0.4, 0.5) is 5.82 Å². The van der Waals surface area contributed by atoms with Gasteiger partial charge in [0, 0.05) is 14.2 Å². The Labute approximate surface area is 90.7 Å². The molecule has 0 aliphatic heterocycles. The molecule has 8 heteroatoms. The Kier molecular flexibility index (Phi) is 4.01.